The van der Waals surface area contributed by atoms with Crippen LogP contribution in [0.3, 0.4) is 0 Å². The number of likely N-dealkylation sites (N-methyl/N-ethyl adjacent to an activating group) is 1. The van der Waals surface area contributed by atoms with Gasteiger partial charge in [0.1, 0.15) is 19.8 Å². The van der Waals surface area contributed by atoms with Crippen LogP contribution in [-0.4, -0.2) is 82.2 Å². The van der Waals surface area contributed by atoms with Crippen molar-refractivity contribution < 1.29 is 46.8 Å². The molecule has 0 aromatic heterocycles. The van der Waals surface area contributed by atoms with Crippen LogP contribution in [0, 0.1) is 0 Å². The minimum absolute atomic E-state index is 0.0610. The average molecular weight is 870 g/mol. The molecule has 1 aliphatic rings. The Bertz CT molecular complexity index is 1470. The number of hydrogen-bond acceptors (Lipinski definition) is 9. The van der Waals surface area contributed by atoms with Crippen molar-refractivity contribution in [3.05, 3.63) is 109 Å². The van der Waals surface area contributed by atoms with Crippen LogP contribution in [0.1, 0.15) is 129 Å². The molecule has 61 heavy (non-hydrogen) atoms. The number of phosphoric acid groups is 1. The smallest absolute Gasteiger partial charge is 0.306 e. The third-order valence-corrected chi connectivity index (χ3v) is 10.2. The van der Waals surface area contributed by atoms with Crippen molar-refractivity contribution >= 4 is 19.8 Å². The fraction of sp³-hybridized carbons (Fsp3) is 0.600. The number of rotatable bonds is 38. The van der Waals surface area contributed by atoms with Crippen LogP contribution >= 0.6 is 7.82 Å². The molecule has 4 atom stereocenters. The summed E-state index contributed by atoms with van der Waals surface area (Å²) in [6.45, 7) is 3.89. The van der Waals surface area contributed by atoms with E-state index < -0.39 is 32.5 Å². The lowest BCUT2D eigenvalue weighted by Crippen LogP contribution is -2.37. The average Bonchev–Trinajstić information content (AvgIpc) is 3.97. The normalized spacial score (nSPS) is 17.9. The van der Waals surface area contributed by atoms with Crippen LogP contribution in [0.5, 0.6) is 0 Å². The largest absolute Gasteiger partial charge is 0.756 e. The van der Waals surface area contributed by atoms with E-state index in [1.165, 1.54) is 25.7 Å². The Labute approximate surface area is 370 Å². The first-order chi connectivity index (χ1) is 29.5. The van der Waals surface area contributed by atoms with Crippen molar-refractivity contribution in [1.82, 2.24) is 0 Å². The molecule has 1 heterocycles. The van der Waals surface area contributed by atoms with Gasteiger partial charge >= 0.3 is 11.9 Å². The van der Waals surface area contributed by atoms with Gasteiger partial charge in [-0.15, -0.1) is 0 Å². The van der Waals surface area contributed by atoms with Crippen LogP contribution in [0.25, 0.3) is 0 Å². The number of ether oxygens (including phenoxy) is 3. The summed E-state index contributed by atoms with van der Waals surface area (Å²) in [5.74, 6) is -1.02. The molecule has 0 bridgehead atoms. The molecule has 10 nitrogen and oxygen atoms in total. The molecule has 1 saturated heterocycles. The van der Waals surface area contributed by atoms with E-state index in [1.807, 2.05) is 39.4 Å². The van der Waals surface area contributed by atoms with E-state index in [0.29, 0.717) is 42.5 Å². The zero-order valence-electron chi connectivity index (χ0n) is 38.2. The van der Waals surface area contributed by atoms with Gasteiger partial charge in [-0.05, 0) is 83.5 Å². The molecular weight excluding hydrogens is 790 g/mol. The highest BCUT2D eigenvalue weighted by atomic mass is 31.2. The summed E-state index contributed by atoms with van der Waals surface area (Å²) in [5, 5.41) is 0. The van der Waals surface area contributed by atoms with E-state index in [1.54, 1.807) is 0 Å². The Kier molecular flexibility index (Phi) is 33.9. The number of phosphoric ester groups is 1. The fourth-order valence-corrected chi connectivity index (χ4v) is 6.32. The van der Waals surface area contributed by atoms with Gasteiger partial charge in [0.05, 0.1) is 40.0 Å². The zero-order chi connectivity index (χ0) is 44.7. The lowest BCUT2D eigenvalue weighted by atomic mass is 10.1. The Hall–Kier alpha value is -3.37. The lowest BCUT2D eigenvalue weighted by molar-refractivity contribution is -0.870. The summed E-state index contributed by atoms with van der Waals surface area (Å²) < 4.78 is 39.5. The predicted molar refractivity (Wildman–Crippen MR) is 249 cm³/mol. The topological polar surface area (TPSA) is 124 Å². The molecule has 0 saturated carbocycles. The molecule has 0 spiro atoms. The van der Waals surface area contributed by atoms with Crippen LogP contribution in [-0.2, 0) is 37.4 Å². The quantitative estimate of drug-likeness (QED) is 0.0149. The van der Waals surface area contributed by atoms with Crippen LogP contribution in [0.4, 0.5) is 0 Å². The maximum absolute atomic E-state index is 12.7. The molecule has 11 heteroatoms. The fourth-order valence-electron chi connectivity index (χ4n) is 5.59. The van der Waals surface area contributed by atoms with Crippen LogP contribution in [0.15, 0.2) is 109 Å². The second-order valence-electron chi connectivity index (χ2n) is 16.1. The SMILES string of the molecule is CC/C=C\C/C=C\C/C=C\C/C=C\C/C=C\C/C=C\CCC(=O)OC[C@H](COP(=O)([O-])OCC[N+](C)(C)C)OC(=O)CCC/C=C\C/C=C\C/C=C\CC1OC1CCCCC. The first-order valence-electron chi connectivity index (χ1n) is 22.7. The maximum atomic E-state index is 12.7. The minimum atomic E-state index is -4.67. The highest BCUT2D eigenvalue weighted by Crippen LogP contribution is 2.38. The highest BCUT2D eigenvalue weighted by molar-refractivity contribution is 7.45. The molecule has 0 radical (unpaired) electrons. The van der Waals surface area contributed by atoms with Crippen molar-refractivity contribution in [2.45, 2.75) is 148 Å². The Morgan fingerprint density at radius 2 is 1.15 bits per heavy atom. The molecule has 1 fully saturated rings. The number of allylic oxidation sites excluding steroid dienone is 17. The summed E-state index contributed by atoms with van der Waals surface area (Å²) in [7, 11) is 1.06. The van der Waals surface area contributed by atoms with Crippen LogP contribution in [0.2, 0.25) is 0 Å². The number of carbonyl (C=O) groups excluding carboxylic acids is 2. The number of nitrogens with zero attached hydrogens (tertiary/aromatic N) is 1. The Balaban J connectivity index is 2.37. The summed E-state index contributed by atoms with van der Waals surface area (Å²) in [6.07, 6.45) is 53.2. The van der Waals surface area contributed by atoms with E-state index >= 15 is 0 Å². The van der Waals surface area contributed by atoms with E-state index in [-0.39, 0.29) is 26.1 Å². The van der Waals surface area contributed by atoms with Crippen molar-refractivity contribution in [3.63, 3.8) is 0 Å². The van der Waals surface area contributed by atoms with Gasteiger partial charge in [0.2, 0.25) is 0 Å². The zero-order valence-corrected chi connectivity index (χ0v) is 39.1. The second kappa shape index (κ2) is 37.2. The summed E-state index contributed by atoms with van der Waals surface area (Å²) in [5.41, 5.74) is 0. The molecule has 0 aliphatic carbocycles. The number of unbranched alkanes of at least 4 members (excludes halogenated alkanes) is 3. The lowest BCUT2D eigenvalue weighted by Gasteiger charge is -2.28. The molecule has 344 valence electrons. The maximum Gasteiger partial charge on any atom is 0.306 e. The number of epoxide rings is 1. The van der Waals surface area contributed by atoms with Gasteiger partial charge in [-0.1, -0.05) is 142 Å². The van der Waals surface area contributed by atoms with Gasteiger partial charge in [-0.3, -0.25) is 14.2 Å². The van der Waals surface area contributed by atoms with E-state index in [2.05, 4.69) is 105 Å². The van der Waals surface area contributed by atoms with Gasteiger partial charge in [-0.2, -0.15) is 0 Å². The standard InChI is InChI=1S/C50H80NO9P/c1-6-8-10-11-12-13-14-15-16-17-18-19-20-21-22-26-29-32-36-40-49(52)56-44-46(45-58-61(54,55)57-43-42-51(3,4)5)59-50(53)41-37-33-30-27-24-23-25-28-31-35-39-48-47(60-48)38-34-9-7-2/h8,10,12-13,15-16,18-19,21-23,25,27,29-32,35,46-48H,6-7,9,11,14,17,20,24,26,28,33-34,36-45H2,1-5H3/b10-8-,13-12-,16-15-,19-18-,22-21-,25-23-,30-27-,32-29-,35-31-/t46-,47?,48?/m1/s1. The Morgan fingerprint density at radius 1 is 0.623 bits per heavy atom. The van der Waals surface area contributed by atoms with Crippen LogP contribution < -0.4 is 4.89 Å². The molecule has 0 N–H and O–H groups in total. The third-order valence-electron chi connectivity index (χ3n) is 9.21. The summed E-state index contributed by atoms with van der Waals surface area (Å²) >= 11 is 0. The van der Waals surface area contributed by atoms with Crippen molar-refractivity contribution in [1.29, 1.82) is 0 Å². The molecule has 3 unspecified atom stereocenters. The van der Waals surface area contributed by atoms with E-state index in [4.69, 9.17) is 23.3 Å². The van der Waals surface area contributed by atoms with Gasteiger partial charge in [0.25, 0.3) is 7.82 Å². The number of hydrogen-bond donors (Lipinski definition) is 0. The summed E-state index contributed by atoms with van der Waals surface area (Å²) in [4.78, 5) is 37.5. The molecule has 1 rings (SSSR count). The van der Waals surface area contributed by atoms with Gasteiger partial charge < -0.3 is 32.6 Å². The van der Waals surface area contributed by atoms with Gasteiger partial charge in [0.15, 0.2) is 6.10 Å². The summed E-state index contributed by atoms with van der Waals surface area (Å²) in [6, 6.07) is 0. The molecule has 0 amide bonds. The number of carbonyl (C=O) groups is 2. The van der Waals surface area contributed by atoms with Crippen molar-refractivity contribution in [2.24, 2.45) is 0 Å². The molecule has 0 aromatic rings. The van der Waals surface area contributed by atoms with Gasteiger partial charge in [0, 0.05) is 12.8 Å². The monoisotopic (exact) mass is 870 g/mol. The van der Waals surface area contributed by atoms with E-state index in [9.17, 15) is 19.0 Å². The van der Waals surface area contributed by atoms with Crippen molar-refractivity contribution in [3.8, 4) is 0 Å². The Morgan fingerprint density at radius 3 is 1.69 bits per heavy atom. The number of quaternary nitrogens is 1. The highest BCUT2D eigenvalue weighted by Gasteiger charge is 2.36. The van der Waals surface area contributed by atoms with Crippen molar-refractivity contribution in [2.75, 3.05) is 47.5 Å². The first kappa shape index (κ1) is 55.6. The van der Waals surface area contributed by atoms with E-state index in [0.717, 1.165) is 57.8 Å². The molecule has 0 aromatic carbocycles. The number of esters is 2. The predicted octanol–water partition coefficient (Wildman–Crippen LogP) is 11.5. The second-order valence-corrected chi connectivity index (χ2v) is 17.5. The minimum Gasteiger partial charge on any atom is -0.756 e. The molecular formula is C50H80NO9P. The third kappa shape index (κ3) is 38.1. The first-order valence-corrected chi connectivity index (χ1v) is 24.2. The van der Waals surface area contributed by atoms with Gasteiger partial charge in [-0.25, -0.2) is 0 Å². The molecule has 1 aliphatic heterocycles.